The second kappa shape index (κ2) is 4.92. The summed E-state index contributed by atoms with van der Waals surface area (Å²) in [6.07, 6.45) is 2.45. The molecule has 2 heterocycles. The van der Waals surface area contributed by atoms with Crippen molar-refractivity contribution in [2.24, 2.45) is 11.8 Å². The van der Waals surface area contributed by atoms with Crippen molar-refractivity contribution in [2.45, 2.75) is 26.7 Å². The first-order chi connectivity index (χ1) is 9.56. The molecule has 0 aromatic carbocycles. The Kier molecular flexibility index (Phi) is 3.23. The second-order valence-electron chi connectivity index (χ2n) is 5.79. The van der Waals surface area contributed by atoms with Gasteiger partial charge in [-0.3, -0.25) is 9.59 Å². The maximum absolute atomic E-state index is 12.3. The van der Waals surface area contributed by atoms with E-state index >= 15 is 0 Å². The van der Waals surface area contributed by atoms with Crippen LogP contribution in [0.25, 0.3) is 0 Å². The lowest BCUT2D eigenvalue weighted by Crippen LogP contribution is -2.56. The molecule has 1 aliphatic heterocycles. The Hall–Kier alpha value is -1.85. The third-order valence-electron chi connectivity index (χ3n) is 4.05. The maximum atomic E-state index is 12.3. The molecule has 1 aromatic heterocycles. The summed E-state index contributed by atoms with van der Waals surface area (Å²) in [7, 11) is 0. The predicted octanol–water partition coefficient (Wildman–Crippen LogP) is 0.890. The van der Waals surface area contributed by atoms with Crippen molar-refractivity contribution in [1.82, 2.24) is 15.4 Å². The highest BCUT2D eigenvalue weighted by atomic mass is 16.5. The number of carbonyl (C=O) groups excluding carboxylic acids is 2. The summed E-state index contributed by atoms with van der Waals surface area (Å²) in [5, 5.41) is 6.74. The molecule has 0 spiro atoms. The molecule has 2 aliphatic rings. The van der Waals surface area contributed by atoms with Crippen LogP contribution in [0, 0.1) is 25.7 Å². The molecule has 0 bridgehead atoms. The van der Waals surface area contributed by atoms with E-state index in [9.17, 15) is 9.59 Å². The molecule has 2 amide bonds. The average molecular weight is 277 g/mol. The molecule has 1 aromatic rings. The molecule has 6 nitrogen and oxygen atoms in total. The van der Waals surface area contributed by atoms with Crippen LogP contribution in [0.3, 0.4) is 0 Å². The predicted molar refractivity (Wildman–Crippen MR) is 71.1 cm³/mol. The molecule has 1 N–H and O–H groups in total. The van der Waals surface area contributed by atoms with Crippen LogP contribution in [0.15, 0.2) is 4.52 Å². The van der Waals surface area contributed by atoms with Gasteiger partial charge in [0, 0.05) is 19.6 Å². The Morgan fingerprint density at radius 3 is 2.60 bits per heavy atom. The van der Waals surface area contributed by atoms with Gasteiger partial charge in [-0.2, -0.15) is 0 Å². The zero-order valence-corrected chi connectivity index (χ0v) is 11.8. The van der Waals surface area contributed by atoms with Crippen LogP contribution in [0.1, 0.15) is 34.7 Å². The third kappa shape index (κ3) is 2.42. The standard InChI is InChI=1S/C14H19N3O3/c1-8-12(9(2)20-16-8)14(19)17-6-11(7-17)13(18)15-5-10-3-4-10/h10-11H,3-7H2,1-2H3,(H,15,18). The Morgan fingerprint density at radius 2 is 2.05 bits per heavy atom. The Bertz CT molecular complexity index is 522. The van der Waals surface area contributed by atoms with E-state index in [1.54, 1.807) is 18.7 Å². The van der Waals surface area contributed by atoms with E-state index in [1.807, 2.05) is 0 Å². The zero-order chi connectivity index (χ0) is 14.3. The topological polar surface area (TPSA) is 75.4 Å². The van der Waals surface area contributed by atoms with Crippen molar-refractivity contribution in [3.63, 3.8) is 0 Å². The SMILES string of the molecule is Cc1noc(C)c1C(=O)N1CC(C(=O)NCC2CC2)C1. The number of aryl methyl sites for hydroxylation is 2. The molecule has 6 heteroatoms. The quantitative estimate of drug-likeness (QED) is 0.887. The van der Waals surface area contributed by atoms with Gasteiger partial charge in [-0.15, -0.1) is 0 Å². The van der Waals surface area contributed by atoms with Gasteiger partial charge in [-0.1, -0.05) is 5.16 Å². The summed E-state index contributed by atoms with van der Waals surface area (Å²) < 4.78 is 5.00. The largest absolute Gasteiger partial charge is 0.361 e. The van der Waals surface area contributed by atoms with Crippen LogP contribution < -0.4 is 5.32 Å². The number of hydrogen-bond donors (Lipinski definition) is 1. The number of aromatic nitrogens is 1. The Morgan fingerprint density at radius 1 is 1.35 bits per heavy atom. The fourth-order valence-corrected chi connectivity index (χ4v) is 2.47. The first-order valence-corrected chi connectivity index (χ1v) is 7.06. The minimum Gasteiger partial charge on any atom is -0.361 e. The Labute approximate surface area is 117 Å². The van der Waals surface area contributed by atoms with Crippen molar-refractivity contribution in [2.75, 3.05) is 19.6 Å². The molecule has 0 atom stereocenters. The summed E-state index contributed by atoms with van der Waals surface area (Å²) in [4.78, 5) is 25.8. The van der Waals surface area contributed by atoms with Crippen LogP contribution in [-0.2, 0) is 4.79 Å². The van der Waals surface area contributed by atoms with Gasteiger partial charge in [0.05, 0.1) is 11.6 Å². The highest BCUT2D eigenvalue weighted by molar-refractivity contribution is 5.97. The van der Waals surface area contributed by atoms with Crippen molar-refractivity contribution in [1.29, 1.82) is 0 Å². The van der Waals surface area contributed by atoms with Gasteiger partial charge >= 0.3 is 0 Å². The molecule has 2 fully saturated rings. The molecular weight excluding hydrogens is 258 g/mol. The lowest BCUT2D eigenvalue weighted by molar-refractivity contribution is -0.129. The number of hydrogen-bond acceptors (Lipinski definition) is 4. The van der Waals surface area contributed by atoms with Gasteiger partial charge in [0.2, 0.25) is 5.91 Å². The monoisotopic (exact) mass is 277 g/mol. The highest BCUT2D eigenvalue weighted by Crippen LogP contribution is 2.28. The van der Waals surface area contributed by atoms with Crippen molar-refractivity contribution in [3.05, 3.63) is 17.0 Å². The molecule has 3 rings (SSSR count). The van der Waals surface area contributed by atoms with Crippen LogP contribution in [0.5, 0.6) is 0 Å². The zero-order valence-electron chi connectivity index (χ0n) is 11.8. The number of amides is 2. The lowest BCUT2D eigenvalue weighted by atomic mass is 9.97. The summed E-state index contributed by atoms with van der Waals surface area (Å²) >= 11 is 0. The molecule has 108 valence electrons. The number of carbonyl (C=O) groups is 2. The fourth-order valence-electron chi connectivity index (χ4n) is 2.47. The number of nitrogens with zero attached hydrogens (tertiary/aromatic N) is 2. The number of nitrogens with one attached hydrogen (secondary N) is 1. The van der Waals surface area contributed by atoms with Crippen molar-refractivity contribution >= 4 is 11.8 Å². The Balaban J connectivity index is 1.52. The highest BCUT2D eigenvalue weighted by Gasteiger charge is 2.38. The molecule has 0 radical (unpaired) electrons. The average Bonchev–Trinajstić information content (AvgIpc) is 3.11. The molecular formula is C14H19N3O3. The second-order valence-corrected chi connectivity index (χ2v) is 5.79. The number of likely N-dealkylation sites (tertiary alicyclic amines) is 1. The minimum absolute atomic E-state index is 0.0692. The number of rotatable bonds is 4. The van der Waals surface area contributed by atoms with Crippen LogP contribution in [0.4, 0.5) is 0 Å². The van der Waals surface area contributed by atoms with Crippen molar-refractivity contribution in [3.8, 4) is 0 Å². The molecule has 20 heavy (non-hydrogen) atoms. The van der Waals surface area contributed by atoms with Gasteiger partial charge in [0.25, 0.3) is 5.91 Å². The normalized spacial score (nSPS) is 18.8. The van der Waals surface area contributed by atoms with Gasteiger partial charge < -0.3 is 14.7 Å². The van der Waals surface area contributed by atoms with E-state index in [-0.39, 0.29) is 17.7 Å². The van der Waals surface area contributed by atoms with Crippen LogP contribution in [-0.4, -0.2) is 41.5 Å². The van der Waals surface area contributed by atoms with E-state index in [0.717, 1.165) is 6.54 Å². The van der Waals surface area contributed by atoms with Gasteiger partial charge in [-0.25, -0.2) is 0 Å². The maximum Gasteiger partial charge on any atom is 0.259 e. The summed E-state index contributed by atoms with van der Waals surface area (Å²) in [6.45, 7) is 5.24. The minimum atomic E-state index is -0.0903. The summed E-state index contributed by atoms with van der Waals surface area (Å²) in [5.74, 6) is 1.12. The van der Waals surface area contributed by atoms with Crippen LogP contribution >= 0.6 is 0 Å². The molecule has 1 saturated heterocycles. The summed E-state index contributed by atoms with van der Waals surface area (Å²) in [5.41, 5.74) is 1.14. The van der Waals surface area contributed by atoms with Crippen LogP contribution in [0.2, 0.25) is 0 Å². The molecule has 1 saturated carbocycles. The van der Waals surface area contributed by atoms with Gasteiger partial charge in [-0.05, 0) is 32.6 Å². The lowest BCUT2D eigenvalue weighted by Gasteiger charge is -2.38. The van der Waals surface area contributed by atoms with Gasteiger partial charge in [0.15, 0.2) is 0 Å². The molecule has 1 aliphatic carbocycles. The first-order valence-electron chi connectivity index (χ1n) is 7.06. The van der Waals surface area contributed by atoms with Crippen molar-refractivity contribution < 1.29 is 14.1 Å². The smallest absolute Gasteiger partial charge is 0.259 e. The van der Waals surface area contributed by atoms with E-state index in [1.165, 1.54) is 12.8 Å². The van der Waals surface area contributed by atoms with E-state index in [2.05, 4.69) is 10.5 Å². The van der Waals surface area contributed by atoms with E-state index < -0.39 is 0 Å². The first kappa shape index (κ1) is 13.1. The van der Waals surface area contributed by atoms with E-state index in [4.69, 9.17) is 4.52 Å². The molecule has 0 unspecified atom stereocenters. The van der Waals surface area contributed by atoms with Gasteiger partial charge in [0.1, 0.15) is 11.3 Å². The van der Waals surface area contributed by atoms with E-state index in [0.29, 0.717) is 36.0 Å². The third-order valence-corrected chi connectivity index (χ3v) is 4.05. The summed E-state index contributed by atoms with van der Waals surface area (Å²) in [6, 6.07) is 0. The fraction of sp³-hybridized carbons (Fsp3) is 0.643.